The summed E-state index contributed by atoms with van der Waals surface area (Å²) >= 11 is 0. The maximum absolute atomic E-state index is 12.5. The number of allylic oxidation sites excluding steroid dienone is 2. The van der Waals surface area contributed by atoms with Gasteiger partial charge in [0, 0.05) is 6.08 Å². The van der Waals surface area contributed by atoms with Gasteiger partial charge >= 0.3 is 6.09 Å². The monoisotopic (exact) mass is 376 g/mol. The second-order valence-electron chi connectivity index (χ2n) is 6.87. The van der Waals surface area contributed by atoms with Crippen LogP contribution in [0.25, 0.3) is 11.6 Å². The zero-order chi connectivity index (χ0) is 20.7. The number of rotatable bonds is 6. The number of hydrogen-bond acceptors (Lipinski definition) is 4. The van der Waals surface area contributed by atoms with Gasteiger partial charge in [-0.05, 0) is 61.7 Å². The minimum absolute atomic E-state index is 0.292. The smallest absolute Gasteiger partial charge is 0.413 e. The molecule has 0 aliphatic carbocycles. The molecule has 2 rings (SSSR count). The highest BCUT2D eigenvalue weighted by molar-refractivity contribution is 5.73. The molecule has 1 N–H and O–H groups in total. The Kier molecular flexibility index (Phi) is 6.62. The number of hydrogen-bond donors (Lipinski definition) is 1. The summed E-state index contributed by atoms with van der Waals surface area (Å²) in [6.45, 7) is 9.70. The van der Waals surface area contributed by atoms with Crippen LogP contribution in [0.3, 0.4) is 0 Å². The van der Waals surface area contributed by atoms with Crippen molar-refractivity contribution in [2.45, 2.75) is 26.3 Å². The normalized spacial score (nSPS) is 11.0. The zero-order valence-corrected chi connectivity index (χ0v) is 16.6. The Morgan fingerprint density at radius 1 is 1.21 bits per heavy atom. The Balaban J connectivity index is 2.17. The number of nitrogens with one attached hydrogen (secondary N) is 1. The first-order valence-electron chi connectivity index (χ1n) is 8.77. The van der Waals surface area contributed by atoms with E-state index < -0.39 is 11.6 Å². The van der Waals surface area contributed by atoms with Crippen molar-refractivity contribution in [3.8, 4) is 17.6 Å². The molecule has 5 heteroatoms. The highest BCUT2D eigenvalue weighted by Gasteiger charge is 2.25. The highest BCUT2D eigenvalue weighted by Crippen LogP contribution is 2.29. The molecule has 0 fully saturated rings. The van der Waals surface area contributed by atoms with Crippen LogP contribution in [0.5, 0.6) is 11.5 Å². The van der Waals surface area contributed by atoms with Crippen LogP contribution in [0.1, 0.15) is 37.5 Å². The van der Waals surface area contributed by atoms with Gasteiger partial charge in [0.25, 0.3) is 0 Å². The first kappa shape index (κ1) is 20.8. The Bertz CT molecular complexity index is 953. The lowest BCUT2D eigenvalue weighted by Crippen LogP contribution is -2.42. The number of carbonyl (C=O) groups is 1. The van der Waals surface area contributed by atoms with E-state index in [-0.39, 0.29) is 0 Å². The second kappa shape index (κ2) is 8.92. The lowest BCUT2D eigenvalue weighted by atomic mass is 9.92. The quantitative estimate of drug-likeness (QED) is 0.696. The summed E-state index contributed by atoms with van der Waals surface area (Å²) in [4.78, 5) is 12.5. The number of nitriles is 1. The average molecular weight is 376 g/mol. The number of ether oxygens (including phenoxy) is 2. The summed E-state index contributed by atoms with van der Waals surface area (Å²) in [5, 5.41) is 11.5. The van der Waals surface area contributed by atoms with Crippen molar-refractivity contribution in [3.63, 3.8) is 0 Å². The molecule has 1 amide bonds. The molecule has 5 nitrogen and oxygen atoms in total. The van der Waals surface area contributed by atoms with Crippen LogP contribution in [-0.2, 0) is 5.54 Å². The predicted octanol–water partition coefficient (Wildman–Crippen LogP) is 5.29. The third-order valence-electron chi connectivity index (χ3n) is 4.23. The standard InChI is InChI=1S/C23H24N2O3/c1-16(2)18-9-6-10-19(15-18)23(3,4)25-22(26)28-20-12-11-17(8-7-13-24)14-21(20)27-5/h6-12,14-15H,1H2,2-5H3,(H,25,26)/b8-7-. The number of nitrogens with zero attached hydrogens (tertiary/aromatic N) is 1. The van der Waals surface area contributed by atoms with Crippen molar-refractivity contribution in [2.75, 3.05) is 7.11 Å². The molecule has 0 spiro atoms. The van der Waals surface area contributed by atoms with E-state index in [1.54, 1.807) is 24.3 Å². The first-order chi connectivity index (χ1) is 13.3. The molecule has 0 radical (unpaired) electrons. The molecule has 0 saturated heterocycles. The molecular weight excluding hydrogens is 352 g/mol. The first-order valence-corrected chi connectivity index (χ1v) is 8.77. The van der Waals surface area contributed by atoms with E-state index in [0.717, 1.165) is 22.3 Å². The molecule has 0 saturated carbocycles. The zero-order valence-electron chi connectivity index (χ0n) is 16.6. The molecule has 0 heterocycles. The van der Waals surface area contributed by atoms with Crippen LogP contribution in [0.2, 0.25) is 0 Å². The van der Waals surface area contributed by atoms with Gasteiger partial charge < -0.3 is 14.8 Å². The van der Waals surface area contributed by atoms with Gasteiger partial charge in [-0.3, -0.25) is 0 Å². The number of benzene rings is 2. The van der Waals surface area contributed by atoms with Crippen LogP contribution < -0.4 is 14.8 Å². The minimum Gasteiger partial charge on any atom is -0.493 e. The Hall–Kier alpha value is -3.52. The molecule has 0 aromatic heterocycles. The van der Waals surface area contributed by atoms with Crippen molar-refractivity contribution >= 4 is 17.7 Å². The molecule has 0 aliphatic heterocycles. The van der Waals surface area contributed by atoms with Crippen molar-refractivity contribution in [1.29, 1.82) is 5.26 Å². The van der Waals surface area contributed by atoms with E-state index in [9.17, 15) is 4.79 Å². The van der Waals surface area contributed by atoms with Gasteiger partial charge in [0.15, 0.2) is 11.5 Å². The van der Waals surface area contributed by atoms with Crippen LogP contribution in [0.4, 0.5) is 4.79 Å². The maximum atomic E-state index is 12.5. The Morgan fingerprint density at radius 2 is 1.96 bits per heavy atom. The van der Waals surface area contributed by atoms with E-state index in [0.29, 0.717) is 11.5 Å². The molecule has 2 aromatic rings. The second-order valence-corrected chi connectivity index (χ2v) is 6.87. The molecule has 2 aromatic carbocycles. The van der Waals surface area contributed by atoms with Crippen LogP contribution in [0.15, 0.2) is 55.1 Å². The van der Waals surface area contributed by atoms with E-state index >= 15 is 0 Å². The SMILES string of the molecule is C=C(C)c1cccc(C(C)(C)NC(=O)Oc2ccc(/C=C\C#N)cc2OC)c1. The Labute approximate surface area is 165 Å². The van der Waals surface area contributed by atoms with E-state index in [4.69, 9.17) is 14.7 Å². The fraction of sp³-hybridized carbons (Fsp3) is 0.217. The third-order valence-corrected chi connectivity index (χ3v) is 4.23. The molecule has 144 valence electrons. The van der Waals surface area contributed by atoms with Crippen LogP contribution >= 0.6 is 0 Å². The minimum atomic E-state index is -0.648. The lowest BCUT2D eigenvalue weighted by Gasteiger charge is -2.27. The molecular formula is C23H24N2O3. The number of amides is 1. The largest absolute Gasteiger partial charge is 0.493 e. The van der Waals surface area contributed by atoms with E-state index in [2.05, 4.69) is 11.9 Å². The third kappa shape index (κ3) is 5.24. The van der Waals surface area contributed by atoms with Crippen molar-refractivity contribution < 1.29 is 14.3 Å². The van der Waals surface area contributed by atoms with E-state index in [1.165, 1.54) is 13.2 Å². The molecule has 0 unspecified atom stereocenters. The van der Waals surface area contributed by atoms with Crippen LogP contribution in [-0.4, -0.2) is 13.2 Å². The molecule has 0 atom stereocenters. The summed E-state index contributed by atoms with van der Waals surface area (Å²) in [6.07, 6.45) is 2.41. The highest BCUT2D eigenvalue weighted by atomic mass is 16.6. The summed E-state index contributed by atoms with van der Waals surface area (Å²) < 4.78 is 10.7. The van der Waals surface area contributed by atoms with Gasteiger partial charge in [0.05, 0.1) is 18.7 Å². The van der Waals surface area contributed by atoms with Gasteiger partial charge in [-0.25, -0.2) is 4.79 Å². The topological polar surface area (TPSA) is 71.3 Å². The van der Waals surface area contributed by atoms with Gasteiger partial charge in [0.2, 0.25) is 0 Å². The van der Waals surface area contributed by atoms with Crippen molar-refractivity contribution in [1.82, 2.24) is 5.32 Å². The fourth-order valence-electron chi connectivity index (χ4n) is 2.63. The maximum Gasteiger partial charge on any atom is 0.413 e. The fourth-order valence-corrected chi connectivity index (χ4v) is 2.63. The molecule has 0 bridgehead atoms. The van der Waals surface area contributed by atoms with Gasteiger partial charge in [-0.15, -0.1) is 0 Å². The summed E-state index contributed by atoms with van der Waals surface area (Å²) in [5.74, 6) is 0.693. The van der Waals surface area contributed by atoms with Gasteiger partial charge in [-0.2, -0.15) is 5.26 Å². The molecule has 0 aliphatic rings. The number of methoxy groups -OCH3 is 1. The van der Waals surface area contributed by atoms with E-state index in [1.807, 2.05) is 51.1 Å². The summed E-state index contributed by atoms with van der Waals surface area (Å²) in [6, 6.07) is 14.9. The van der Waals surface area contributed by atoms with Crippen molar-refractivity contribution in [3.05, 3.63) is 71.8 Å². The average Bonchev–Trinajstić information content (AvgIpc) is 2.66. The summed E-state index contributed by atoms with van der Waals surface area (Å²) in [7, 11) is 1.49. The lowest BCUT2D eigenvalue weighted by molar-refractivity contribution is 0.186. The van der Waals surface area contributed by atoms with Gasteiger partial charge in [0.1, 0.15) is 0 Å². The Morgan fingerprint density at radius 3 is 2.61 bits per heavy atom. The summed E-state index contributed by atoms with van der Waals surface area (Å²) in [5.41, 5.74) is 3.03. The molecule has 28 heavy (non-hydrogen) atoms. The van der Waals surface area contributed by atoms with Crippen molar-refractivity contribution in [2.24, 2.45) is 0 Å². The predicted molar refractivity (Wildman–Crippen MR) is 111 cm³/mol. The number of carbonyl (C=O) groups excluding carboxylic acids is 1. The van der Waals surface area contributed by atoms with Crippen LogP contribution in [0, 0.1) is 11.3 Å². The van der Waals surface area contributed by atoms with Gasteiger partial charge in [-0.1, -0.05) is 36.4 Å².